The highest BCUT2D eigenvalue weighted by atomic mass is 79.9. The van der Waals surface area contributed by atoms with E-state index in [1.165, 1.54) is 12.1 Å². The van der Waals surface area contributed by atoms with Gasteiger partial charge in [-0.15, -0.1) is 0 Å². The van der Waals surface area contributed by atoms with Gasteiger partial charge >= 0.3 is 0 Å². The first-order chi connectivity index (χ1) is 9.86. The number of benzene rings is 1. The topological polar surface area (TPSA) is 87.2 Å². The third kappa shape index (κ3) is 3.22. The zero-order valence-electron chi connectivity index (χ0n) is 11.5. The largest absolute Gasteiger partial charge is 0.339 e. The Balaban J connectivity index is 2.17. The summed E-state index contributed by atoms with van der Waals surface area (Å²) in [6, 6.07) is 6.64. The Morgan fingerprint density at radius 3 is 2.62 bits per heavy atom. The van der Waals surface area contributed by atoms with Crippen LogP contribution in [0.2, 0.25) is 0 Å². The van der Waals surface area contributed by atoms with Gasteiger partial charge in [-0.2, -0.15) is 5.26 Å². The predicted molar refractivity (Wildman–Crippen MR) is 79.7 cm³/mol. The Morgan fingerprint density at radius 1 is 1.48 bits per heavy atom. The molecule has 0 spiro atoms. The standard InChI is InChI=1S/C14H14BrN3O3/c1-14(9-16)4-6-17(7-5-14)13(19)10-2-3-11(15)12(8-10)18(20)21/h2-3,8H,4-7H2,1H3. The first-order valence-corrected chi connectivity index (χ1v) is 7.30. The Bertz CT molecular complexity index is 631. The van der Waals surface area contributed by atoms with Gasteiger partial charge in [0, 0.05) is 24.7 Å². The molecule has 0 unspecified atom stereocenters. The lowest BCUT2D eigenvalue weighted by molar-refractivity contribution is -0.385. The minimum atomic E-state index is -0.524. The van der Waals surface area contributed by atoms with Crippen molar-refractivity contribution in [3.8, 4) is 6.07 Å². The van der Waals surface area contributed by atoms with Crippen LogP contribution in [0.1, 0.15) is 30.1 Å². The second-order valence-electron chi connectivity index (χ2n) is 5.39. The van der Waals surface area contributed by atoms with Gasteiger partial charge < -0.3 is 4.90 Å². The molecule has 1 fully saturated rings. The van der Waals surface area contributed by atoms with Crippen molar-refractivity contribution in [3.63, 3.8) is 0 Å². The van der Waals surface area contributed by atoms with Gasteiger partial charge in [-0.05, 0) is 47.8 Å². The number of hydrogen-bond acceptors (Lipinski definition) is 4. The molecular formula is C14H14BrN3O3. The summed E-state index contributed by atoms with van der Waals surface area (Å²) < 4.78 is 0.347. The van der Waals surface area contributed by atoms with Crippen molar-refractivity contribution >= 4 is 27.5 Å². The zero-order valence-corrected chi connectivity index (χ0v) is 13.1. The molecule has 2 rings (SSSR count). The summed E-state index contributed by atoms with van der Waals surface area (Å²) in [5.41, 5.74) is -0.215. The Morgan fingerprint density at radius 2 is 2.10 bits per heavy atom. The summed E-state index contributed by atoms with van der Waals surface area (Å²) in [7, 11) is 0. The van der Waals surface area contributed by atoms with Gasteiger partial charge in [-0.1, -0.05) is 0 Å². The van der Waals surface area contributed by atoms with Gasteiger partial charge in [0.05, 0.1) is 20.9 Å². The van der Waals surface area contributed by atoms with Crippen LogP contribution < -0.4 is 0 Å². The van der Waals surface area contributed by atoms with Crippen LogP contribution in [-0.4, -0.2) is 28.8 Å². The number of nitro groups is 1. The van der Waals surface area contributed by atoms with E-state index in [-0.39, 0.29) is 17.0 Å². The highest BCUT2D eigenvalue weighted by molar-refractivity contribution is 9.10. The Labute approximate surface area is 130 Å². The number of carbonyl (C=O) groups excluding carboxylic acids is 1. The number of hydrogen-bond donors (Lipinski definition) is 0. The molecule has 0 saturated carbocycles. The lowest BCUT2D eigenvalue weighted by Crippen LogP contribution is -2.41. The Kier molecular flexibility index (Phi) is 4.28. The maximum absolute atomic E-state index is 12.4. The van der Waals surface area contributed by atoms with E-state index >= 15 is 0 Å². The summed E-state index contributed by atoms with van der Waals surface area (Å²) in [5, 5.41) is 20.0. The van der Waals surface area contributed by atoms with Gasteiger partial charge in [-0.25, -0.2) is 0 Å². The number of nitro benzene ring substituents is 1. The molecule has 1 aromatic carbocycles. The van der Waals surface area contributed by atoms with Crippen LogP contribution in [0.15, 0.2) is 22.7 Å². The van der Waals surface area contributed by atoms with Crippen LogP contribution >= 0.6 is 15.9 Å². The van der Waals surface area contributed by atoms with Crippen molar-refractivity contribution in [2.24, 2.45) is 5.41 Å². The molecule has 0 aliphatic carbocycles. The minimum absolute atomic E-state index is 0.125. The predicted octanol–water partition coefficient (Wildman–Crippen LogP) is 3.12. The van der Waals surface area contributed by atoms with E-state index in [4.69, 9.17) is 5.26 Å². The quantitative estimate of drug-likeness (QED) is 0.604. The summed E-state index contributed by atoms with van der Waals surface area (Å²) in [4.78, 5) is 24.4. The second-order valence-corrected chi connectivity index (χ2v) is 6.24. The number of rotatable bonds is 2. The van der Waals surface area contributed by atoms with Crippen LogP contribution in [0.25, 0.3) is 0 Å². The number of nitrogens with zero attached hydrogens (tertiary/aromatic N) is 3. The molecule has 7 heteroatoms. The fourth-order valence-corrected chi connectivity index (χ4v) is 2.67. The number of nitriles is 1. The normalized spacial score (nSPS) is 17.1. The van der Waals surface area contributed by atoms with Crippen molar-refractivity contribution in [1.82, 2.24) is 4.90 Å². The lowest BCUT2D eigenvalue weighted by atomic mass is 9.82. The number of amides is 1. The van der Waals surface area contributed by atoms with Crippen molar-refractivity contribution in [3.05, 3.63) is 38.3 Å². The summed E-state index contributed by atoms with van der Waals surface area (Å²) >= 11 is 3.10. The average Bonchev–Trinajstić information content (AvgIpc) is 2.47. The van der Waals surface area contributed by atoms with Crippen molar-refractivity contribution in [1.29, 1.82) is 5.26 Å². The molecule has 110 valence electrons. The smallest absolute Gasteiger partial charge is 0.284 e. The molecule has 21 heavy (non-hydrogen) atoms. The van der Waals surface area contributed by atoms with Crippen molar-refractivity contribution in [2.75, 3.05) is 13.1 Å². The van der Waals surface area contributed by atoms with Crippen LogP contribution in [0.3, 0.4) is 0 Å². The highest BCUT2D eigenvalue weighted by Crippen LogP contribution is 2.31. The number of carbonyl (C=O) groups is 1. The van der Waals surface area contributed by atoms with Crippen LogP contribution in [-0.2, 0) is 0 Å². The van der Waals surface area contributed by atoms with Gasteiger partial charge in [0.15, 0.2) is 0 Å². The molecule has 0 radical (unpaired) electrons. The maximum atomic E-state index is 12.4. The fourth-order valence-electron chi connectivity index (χ4n) is 2.28. The minimum Gasteiger partial charge on any atom is -0.339 e. The third-order valence-electron chi connectivity index (χ3n) is 3.81. The molecule has 1 heterocycles. The molecule has 0 aromatic heterocycles. The van der Waals surface area contributed by atoms with E-state index in [1.54, 1.807) is 11.0 Å². The molecule has 6 nitrogen and oxygen atoms in total. The summed E-state index contributed by atoms with van der Waals surface area (Å²) in [6.07, 6.45) is 1.24. The number of halogens is 1. The number of likely N-dealkylation sites (tertiary alicyclic amines) is 1. The maximum Gasteiger partial charge on any atom is 0.284 e. The summed E-state index contributed by atoms with van der Waals surface area (Å²) in [5.74, 6) is -0.231. The monoisotopic (exact) mass is 351 g/mol. The molecule has 1 saturated heterocycles. The van der Waals surface area contributed by atoms with E-state index in [9.17, 15) is 14.9 Å². The van der Waals surface area contributed by atoms with Gasteiger partial charge in [0.2, 0.25) is 0 Å². The molecule has 0 bridgehead atoms. The molecule has 1 aliphatic rings. The van der Waals surface area contributed by atoms with Gasteiger partial charge in [-0.3, -0.25) is 14.9 Å². The van der Waals surface area contributed by atoms with E-state index in [0.29, 0.717) is 36.0 Å². The average molecular weight is 352 g/mol. The fraction of sp³-hybridized carbons (Fsp3) is 0.429. The van der Waals surface area contributed by atoms with Crippen LogP contribution in [0.5, 0.6) is 0 Å². The molecule has 1 aromatic rings. The van der Waals surface area contributed by atoms with Gasteiger partial charge in [0.25, 0.3) is 11.6 Å². The SMILES string of the molecule is CC1(C#N)CCN(C(=O)c2ccc(Br)c([N+](=O)[O-])c2)CC1. The molecule has 1 amide bonds. The van der Waals surface area contributed by atoms with E-state index in [1.807, 2.05) is 6.92 Å². The third-order valence-corrected chi connectivity index (χ3v) is 4.48. The second kappa shape index (κ2) is 5.82. The van der Waals surface area contributed by atoms with E-state index in [2.05, 4.69) is 22.0 Å². The zero-order chi connectivity index (χ0) is 15.6. The van der Waals surface area contributed by atoms with E-state index in [0.717, 1.165) is 0 Å². The molecule has 0 atom stereocenters. The molecule has 1 aliphatic heterocycles. The van der Waals surface area contributed by atoms with Crippen LogP contribution in [0.4, 0.5) is 5.69 Å². The van der Waals surface area contributed by atoms with Crippen molar-refractivity contribution in [2.45, 2.75) is 19.8 Å². The molecular weight excluding hydrogens is 338 g/mol. The van der Waals surface area contributed by atoms with Gasteiger partial charge in [0.1, 0.15) is 0 Å². The Hall–Kier alpha value is -1.94. The van der Waals surface area contributed by atoms with Crippen molar-refractivity contribution < 1.29 is 9.72 Å². The summed E-state index contributed by atoms with van der Waals surface area (Å²) in [6.45, 7) is 2.87. The molecule has 0 N–H and O–H groups in total. The number of piperidine rings is 1. The van der Waals surface area contributed by atoms with Crippen LogP contribution in [0, 0.1) is 26.9 Å². The first kappa shape index (κ1) is 15.4. The van der Waals surface area contributed by atoms with E-state index < -0.39 is 4.92 Å². The highest BCUT2D eigenvalue weighted by Gasteiger charge is 2.32. The lowest BCUT2D eigenvalue weighted by Gasteiger charge is -2.34. The first-order valence-electron chi connectivity index (χ1n) is 6.51.